The van der Waals surface area contributed by atoms with Crippen LogP contribution in [-0.4, -0.2) is 29.7 Å². The van der Waals surface area contributed by atoms with Crippen LogP contribution in [-0.2, 0) is 20.9 Å². The van der Waals surface area contributed by atoms with Crippen molar-refractivity contribution in [3.63, 3.8) is 0 Å². The lowest BCUT2D eigenvalue weighted by molar-refractivity contribution is -0.122. The molecule has 0 aliphatic heterocycles. The molecule has 162 valence electrons. The Hall–Kier alpha value is -2.86. The van der Waals surface area contributed by atoms with E-state index >= 15 is 0 Å². The largest absolute Gasteiger partial charge is 0.444 e. The van der Waals surface area contributed by atoms with E-state index in [1.165, 1.54) is 0 Å². The summed E-state index contributed by atoms with van der Waals surface area (Å²) >= 11 is 0. The van der Waals surface area contributed by atoms with Gasteiger partial charge in [0.2, 0.25) is 5.91 Å². The molecule has 6 heteroatoms. The summed E-state index contributed by atoms with van der Waals surface area (Å²) in [5.74, 6) is -0.367. The van der Waals surface area contributed by atoms with Gasteiger partial charge in [-0.05, 0) is 58.7 Å². The number of anilines is 1. The van der Waals surface area contributed by atoms with Crippen LogP contribution in [0.3, 0.4) is 0 Å². The first-order chi connectivity index (χ1) is 14.0. The fourth-order valence-corrected chi connectivity index (χ4v) is 2.89. The van der Waals surface area contributed by atoms with Crippen molar-refractivity contribution in [1.29, 1.82) is 0 Å². The van der Waals surface area contributed by atoms with Crippen molar-refractivity contribution in [2.45, 2.75) is 65.9 Å². The third kappa shape index (κ3) is 7.52. The van der Waals surface area contributed by atoms with Crippen LogP contribution in [0.25, 0.3) is 0 Å². The Balaban J connectivity index is 2.13. The van der Waals surface area contributed by atoms with Crippen molar-refractivity contribution in [1.82, 2.24) is 5.32 Å². The Bertz CT molecular complexity index is 859. The van der Waals surface area contributed by atoms with Gasteiger partial charge in [0.25, 0.3) is 0 Å². The SMILES string of the molecule is Cc1ccc(NC(=O)[C@H](NC(=O)OC(C)(C)C)[C@@H](C)OCc2ccccc2)c(C)c1. The van der Waals surface area contributed by atoms with E-state index in [0.29, 0.717) is 12.3 Å². The minimum absolute atomic E-state index is 0.325. The summed E-state index contributed by atoms with van der Waals surface area (Å²) in [5.41, 5.74) is 3.05. The number of hydrogen-bond donors (Lipinski definition) is 2. The highest BCUT2D eigenvalue weighted by molar-refractivity contribution is 5.97. The van der Waals surface area contributed by atoms with Gasteiger partial charge in [-0.3, -0.25) is 4.79 Å². The third-order valence-corrected chi connectivity index (χ3v) is 4.42. The van der Waals surface area contributed by atoms with Gasteiger partial charge in [0.05, 0.1) is 12.7 Å². The van der Waals surface area contributed by atoms with Gasteiger partial charge >= 0.3 is 6.09 Å². The number of benzene rings is 2. The lowest BCUT2D eigenvalue weighted by atomic mass is 10.1. The van der Waals surface area contributed by atoms with Gasteiger partial charge in [0, 0.05) is 5.69 Å². The highest BCUT2D eigenvalue weighted by Gasteiger charge is 2.30. The van der Waals surface area contributed by atoms with Crippen LogP contribution in [0.1, 0.15) is 44.4 Å². The van der Waals surface area contributed by atoms with Crippen LogP contribution < -0.4 is 10.6 Å². The van der Waals surface area contributed by atoms with Crippen molar-refractivity contribution in [2.75, 3.05) is 5.32 Å². The van der Waals surface area contributed by atoms with Crippen LogP contribution in [0.4, 0.5) is 10.5 Å². The molecule has 2 aromatic rings. The van der Waals surface area contributed by atoms with E-state index in [9.17, 15) is 9.59 Å². The first-order valence-electron chi connectivity index (χ1n) is 10.1. The maximum Gasteiger partial charge on any atom is 0.408 e. The molecule has 2 atom stereocenters. The van der Waals surface area contributed by atoms with Gasteiger partial charge in [-0.15, -0.1) is 0 Å². The summed E-state index contributed by atoms with van der Waals surface area (Å²) in [6, 6.07) is 14.5. The average molecular weight is 413 g/mol. The summed E-state index contributed by atoms with van der Waals surface area (Å²) < 4.78 is 11.2. The molecule has 0 radical (unpaired) electrons. The molecule has 0 fully saturated rings. The van der Waals surface area contributed by atoms with Crippen LogP contribution >= 0.6 is 0 Å². The van der Waals surface area contributed by atoms with Crippen LogP contribution in [0.2, 0.25) is 0 Å². The molecule has 0 bridgehead atoms. The number of amides is 2. The Kier molecular flexibility index (Phi) is 8.00. The van der Waals surface area contributed by atoms with Crippen LogP contribution in [0.5, 0.6) is 0 Å². The number of hydrogen-bond acceptors (Lipinski definition) is 4. The summed E-state index contributed by atoms with van der Waals surface area (Å²) in [6.45, 7) is 11.3. The van der Waals surface area contributed by atoms with E-state index in [1.54, 1.807) is 27.7 Å². The van der Waals surface area contributed by atoms with Gasteiger partial charge in [-0.2, -0.15) is 0 Å². The Labute approximate surface area is 179 Å². The molecule has 0 unspecified atom stereocenters. The smallest absolute Gasteiger partial charge is 0.408 e. The molecule has 0 spiro atoms. The number of nitrogens with one attached hydrogen (secondary N) is 2. The lowest BCUT2D eigenvalue weighted by Crippen LogP contribution is -2.52. The number of rotatable bonds is 7. The highest BCUT2D eigenvalue weighted by Crippen LogP contribution is 2.17. The second-order valence-electron chi connectivity index (χ2n) is 8.43. The zero-order valence-corrected chi connectivity index (χ0v) is 18.6. The van der Waals surface area contributed by atoms with E-state index in [1.807, 2.05) is 62.4 Å². The molecule has 2 amide bonds. The zero-order valence-electron chi connectivity index (χ0n) is 18.6. The topological polar surface area (TPSA) is 76.7 Å². The van der Waals surface area contributed by atoms with E-state index in [4.69, 9.17) is 9.47 Å². The fourth-order valence-electron chi connectivity index (χ4n) is 2.89. The minimum Gasteiger partial charge on any atom is -0.444 e. The summed E-state index contributed by atoms with van der Waals surface area (Å²) in [4.78, 5) is 25.4. The second kappa shape index (κ2) is 10.3. The molecule has 30 heavy (non-hydrogen) atoms. The molecule has 0 saturated heterocycles. The fraction of sp³-hybridized carbons (Fsp3) is 0.417. The number of ether oxygens (including phenoxy) is 2. The van der Waals surface area contributed by atoms with Gasteiger partial charge in [0.15, 0.2) is 0 Å². The van der Waals surface area contributed by atoms with E-state index < -0.39 is 23.8 Å². The summed E-state index contributed by atoms with van der Waals surface area (Å²) in [7, 11) is 0. The molecule has 6 nitrogen and oxygen atoms in total. The molecule has 0 aliphatic rings. The molecule has 0 saturated carbocycles. The normalized spacial score (nSPS) is 13.3. The van der Waals surface area contributed by atoms with Gasteiger partial charge in [-0.25, -0.2) is 4.79 Å². The molecule has 2 N–H and O–H groups in total. The number of alkyl carbamates (subject to hydrolysis) is 1. The van der Waals surface area contributed by atoms with E-state index in [-0.39, 0.29) is 5.91 Å². The number of aryl methyl sites for hydroxylation is 2. The van der Waals surface area contributed by atoms with Crippen molar-refractivity contribution in [3.8, 4) is 0 Å². The molecule has 2 rings (SSSR count). The van der Waals surface area contributed by atoms with Gasteiger partial charge in [-0.1, -0.05) is 48.0 Å². The van der Waals surface area contributed by atoms with Gasteiger partial charge in [0.1, 0.15) is 11.6 Å². The standard InChI is InChI=1S/C24H32N2O4/c1-16-12-13-20(17(2)14-16)25-22(27)21(26-23(28)30-24(4,5)6)18(3)29-15-19-10-8-7-9-11-19/h7-14,18,21H,15H2,1-6H3,(H,25,27)(H,26,28)/t18-,21-/m1/s1. The summed E-state index contributed by atoms with van der Waals surface area (Å²) in [6.07, 6.45) is -1.25. The van der Waals surface area contributed by atoms with Crippen molar-refractivity contribution in [3.05, 3.63) is 65.2 Å². The van der Waals surface area contributed by atoms with E-state index in [2.05, 4.69) is 10.6 Å². The molecule has 0 aliphatic carbocycles. The lowest BCUT2D eigenvalue weighted by Gasteiger charge is -2.27. The number of carbonyl (C=O) groups is 2. The van der Waals surface area contributed by atoms with Crippen molar-refractivity contribution >= 4 is 17.7 Å². The average Bonchev–Trinajstić information content (AvgIpc) is 2.65. The molecular weight excluding hydrogens is 380 g/mol. The first kappa shape index (κ1) is 23.4. The molecule has 2 aromatic carbocycles. The predicted octanol–water partition coefficient (Wildman–Crippen LogP) is 4.74. The maximum absolute atomic E-state index is 13.0. The monoisotopic (exact) mass is 412 g/mol. The molecule has 0 aromatic heterocycles. The quantitative estimate of drug-likeness (QED) is 0.689. The van der Waals surface area contributed by atoms with Crippen molar-refractivity contribution in [2.24, 2.45) is 0 Å². The number of carbonyl (C=O) groups excluding carboxylic acids is 2. The highest BCUT2D eigenvalue weighted by atomic mass is 16.6. The predicted molar refractivity (Wildman–Crippen MR) is 118 cm³/mol. The minimum atomic E-state index is -0.927. The molecule has 0 heterocycles. The second-order valence-corrected chi connectivity index (χ2v) is 8.43. The van der Waals surface area contributed by atoms with E-state index in [0.717, 1.165) is 16.7 Å². The first-order valence-corrected chi connectivity index (χ1v) is 10.1. The van der Waals surface area contributed by atoms with Gasteiger partial charge < -0.3 is 20.1 Å². The Morgan fingerprint density at radius 2 is 1.70 bits per heavy atom. The molecular formula is C24H32N2O4. The maximum atomic E-state index is 13.0. The summed E-state index contributed by atoms with van der Waals surface area (Å²) in [5, 5.41) is 5.56. The zero-order chi connectivity index (χ0) is 22.3. The van der Waals surface area contributed by atoms with Crippen LogP contribution in [0, 0.1) is 13.8 Å². The van der Waals surface area contributed by atoms with Crippen LogP contribution in [0.15, 0.2) is 48.5 Å². The third-order valence-electron chi connectivity index (χ3n) is 4.42. The Morgan fingerprint density at radius 1 is 1.03 bits per heavy atom. The Morgan fingerprint density at radius 3 is 2.30 bits per heavy atom. The van der Waals surface area contributed by atoms with Crippen molar-refractivity contribution < 1.29 is 19.1 Å².